The molecule has 0 atom stereocenters. The highest BCUT2D eigenvalue weighted by Gasteiger charge is 2.11. The van der Waals surface area contributed by atoms with Crippen molar-refractivity contribution in [3.05, 3.63) is 65.3 Å². The van der Waals surface area contributed by atoms with Crippen molar-refractivity contribution in [1.82, 2.24) is 9.55 Å². The lowest BCUT2D eigenvalue weighted by Crippen LogP contribution is -2.11. The molecule has 0 fully saturated rings. The van der Waals surface area contributed by atoms with Crippen molar-refractivity contribution in [3.63, 3.8) is 0 Å². The zero-order valence-corrected chi connectivity index (χ0v) is 12.9. The highest BCUT2D eigenvalue weighted by molar-refractivity contribution is 5.83. The first-order valence-electron chi connectivity index (χ1n) is 7.31. The summed E-state index contributed by atoms with van der Waals surface area (Å²) >= 11 is 0. The van der Waals surface area contributed by atoms with Crippen LogP contribution in [-0.2, 0) is 0 Å². The molecule has 0 aliphatic heterocycles. The third kappa shape index (κ3) is 2.17. The van der Waals surface area contributed by atoms with E-state index >= 15 is 0 Å². The SMILES string of the molecule is CN(C)c1ccc2cc(-n3cnc4ccccc43)c(=O)oc2c1. The Balaban J connectivity index is 1.96. The van der Waals surface area contributed by atoms with E-state index in [2.05, 4.69) is 4.98 Å². The van der Waals surface area contributed by atoms with Crippen LogP contribution in [0.2, 0.25) is 0 Å². The highest BCUT2D eigenvalue weighted by Crippen LogP contribution is 2.23. The van der Waals surface area contributed by atoms with Crippen molar-refractivity contribution in [1.29, 1.82) is 0 Å². The molecule has 4 rings (SSSR count). The highest BCUT2D eigenvalue weighted by atomic mass is 16.4. The molecular formula is C18H15N3O2. The van der Waals surface area contributed by atoms with E-state index in [1.54, 1.807) is 10.9 Å². The molecule has 0 amide bonds. The Bertz CT molecular complexity index is 1080. The van der Waals surface area contributed by atoms with Crippen molar-refractivity contribution in [3.8, 4) is 5.69 Å². The number of rotatable bonds is 2. The van der Waals surface area contributed by atoms with Crippen molar-refractivity contribution in [2.24, 2.45) is 0 Å². The maximum atomic E-state index is 12.4. The Morgan fingerprint density at radius 2 is 1.91 bits per heavy atom. The Hall–Kier alpha value is -3.08. The number of nitrogens with zero attached hydrogens (tertiary/aromatic N) is 3. The topological polar surface area (TPSA) is 51.3 Å². The lowest BCUT2D eigenvalue weighted by molar-refractivity contribution is 0.556. The predicted octanol–water partition coefficient (Wildman–Crippen LogP) is 3.20. The number of para-hydroxylation sites is 2. The van der Waals surface area contributed by atoms with E-state index in [4.69, 9.17) is 4.42 Å². The van der Waals surface area contributed by atoms with Gasteiger partial charge in [0.2, 0.25) is 0 Å². The van der Waals surface area contributed by atoms with Gasteiger partial charge in [-0.25, -0.2) is 9.78 Å². The Labute approximate surface area is 132 Å². The summed E-state index contributed by atoms with van der Waals surface area (Å²) in [5.74, 6) is 0. The molecule has 5 heteroatoms. The summed E-state index contributed by atoms with van der Waals surface area (Å²) in [7, 11) is 3.90. The Morgan fingerprint density at radius 3 is 2.74 bits per heavy atom. The maximum Gasteiger partial charge on any atom is 0.360 e. The summed E-state index contributed by atoms with van der Waals surface area (Å²) < 4.78 is 7.29. The molecular weight excluding hydrogens is 290 g/mol. The van der Waals surface area contributed by atoms with Crippen molar-refractivity contribution < 1.29 is 4.42 Å². The number of anilines is 1. The second-order valence-electron chi connectivity index (χ2n) is 5.64. The average Bonchev–Trinajstić information content (AvgIpc) is 2.97. The van der Waals surface area contributed by atoms with E-state index in [0.717, 1.165) is 22.1 Å². The summed E-state index contributed by atoms with van der Waals surface area (Å²) in [6.07, 6.45) is 1.65. The van der Waals surface area contributed by atoms with Gasteiger partial charge in [0.05, 0.1) is 11.0 Å². The molecule has 0 unspecified atom stereocenters. The van der Waals surface area contributed by atoms with E-state index in [-0.39, 0.29) is 5.63 Å². The van der Waals surface area contributed by atoms with Gasteiger partial charge in [-0.15, -0.1) is 0 Å². The molecule has 0 bridgehead atoms. The van der Waals surface area contributed by atoms with Gasteiger partial charge in [-0.1, -0.05) is 12.1 Å². The normalized spacial score (nSPS) is 11.2. The number of imidazole rings is 1. The van der Waals surface area contributed by atoms with Crippen LogP contribution in [0, 0.1) is 0 Å². The largest absolute Gasteiger partial charge is 0.421 e. The minimum Gasteiger partial charge on any atom is -0.421 e. The summed E-state index contributed by atoms with van der Waals surface area (Å²) in [5.41, 5.74) is 3.37. The Kier molecular flexibility index (Phi) is 2.94. The molecule has 0 aliphatic carbocycles. The molecule has 114 valence electrons. The first kappa shape index (κ1) is 13.6. The van der Waals surface area contributed by atoms with Gasteiger partial charge >= 0.3 is 5.63 Å². The zero-order chi connectivity index (χ0) is 16.0. The van der Waals surface area contributed by atoms with Gasteiger partial charge in [0, 0.05) is 31.2 Å². The first-order valence-corrected chi connectivity index (χ1v) is 7.31. The van der Waals surface area contributed by atoms with E-state index < -0.39 is 0 Å². The second kappa shape index (κ2) is 4.98. The molecule has 2 aromatic heterocycles. The van der Waals surface area contributed by atoms with Gasteiger partial charge in [0.25, 0.3) is 0 Å². The first-order chi connectivity index (χ1) is 11.1. The smallest absolute Gasteiger partial charge is 0.360 e. The quantitative estimate of drug-likeness (QED) is 0.534. The average molecular weight is 305 g/mol. The lowest BCUT2D eigenvalue weighted by Gasteiger charge is -2.12. The molecule has 0 N–H and O–H groups in total. The van der Waals surface area contributed by atoms with Crippen molar-refractivity contribution >= 4 is 27.7 Å². The summed E-state index contributed by atoms with van der Waals surface area (Å²) in [4.78, 5) is 18.7. The number of hydrogen-bond donors (Lipinski definition) is 0. The molecule has 4 aromatic rings. The number of hydrogen-bond acceptors (Lipinski definition) is 4. The lowest BCUT2D eigenvalue weighted by atomic mass is 10.2. The summed E-state index contributed by atoms with van der Waals surface area (Å²) in [5, 5.41) is 0.878. The monoisotopic (exact) mass is 305 g/mol. The molecule has 5 nitrogen and oxygen atoms in total. The van der Waals surface area contributed by atoms with Crippen LogP contribution in [0.1, 0.15) is 0 Å². The fourth-order valence-electron chi connectivity index (χ4n) is 2.69. The van der Waals surface area contributed by atoms with Gasteiger partial charge in [-0.3, -0.25) is 4.57 Å². The van der Waals surface area contributed by atoms with Crippen LogP contribution in [0.15, 0.2) is 64.1 Å². The van der Waals surface area contributed by atoms with Crippen LogP contribution in [0.5, 0.6) is 0 Å². The van der Waals surface area contributed by atoms with Gasteiger partial charge in [-0.2, -0.15) is 0 Å². The number of benzene rings is 2. The van der Waals surface area contributed by atoms with Gasteiger partial charge < -0.3 is 9.32 Å². The number of fused-ring (bicyclic) bond motifs is 2. The molecule has 0 radical (unpaired) electrons. The minimum absolute atomic E-state index is 0.378. The van der Waals surface area contributed by atoms with E-state index in [1.165, 1.54) is 0 Å². The van der Waals surface area contributed by atoms with Gasteiger partial charge in [0.1, 0.15) is 17.6 Å². The van der Waals surface area contributed by atoms with Crippen molar-refractivity contribution in [2.45, 2.75) is 0 Å². The van der Waals surface area contributed by atoms with Crippen LogP contribution >= 0.6 is 0 Å². The van der Waals surface area contributed by atoms with Gasteiger partial charge in [-0.05, 0) is 30.3 Å². The standard InChI is InChI=1S/C18H15N3O2/c1-20(2)13-8-7-12-9-16(18(22)23-17(12)10-13)21-11-19-14-5-3-4-6-15(14)21/h3-11H,1-2H3. The molecule has 2 heterocycles. The molecule has 2 aromatic carbocycles. The fourth-order valence-corrected chi connectivity index (χ4v) is 2.69. The van der Waals surface area contributed by atoms with Crippen LogP contribution < -0.4 is 10.5 Å². The Morgan fingerprint density at radius 1 is 1.09 bits per heavy atom. The van der Waals surface area contributed by atoms with E-state index in [1.807, 2.05) is 67.5 Å². The fraction of sp³-hybridized carbons (Fsp3) is 0.111. The van der Waals surface area contributed by atoms with Crippen LogP contribution in [0.3, 0.4) is 0 Å². The minimum atomic E-state index is -0.378. The molecule has 0 saturated heterocycles. The zero-order valence-electron chi connectivity index (χ0n) is 12.9. The summed E-state index contributed by atoms with van der Waals surface area (Å²) in [6, 6.07) is 15.4. The molecule has 0 spiro atoms. The van der Waals surface area contributed by atoms with Crippen LogP contribution in [0.4, 0.5) is 5.69 Å². The van der Waals surface area contributed by atoms with E-state index in [9.17, 15) is 4.79 Å². The van der Waals surface area contributed by atoms with Crippen molar-refractivity contribution in [2.75, 3.05) is 19.0 Å². The third-order valence-corrected chi connectivity index (χ3v) is 3.93. The molecule has 0 saturated carbocycles. The molecule has 0 aliphatic rings. The maximum absolute atomic E-state index is 12.4. The molecule has 23 heavy (non-hydrogen) atoms. The van der Waals surface area contributed by atoms with E-state index in [0.29, 0.717) is 11.3 Å². The van der Waals surface area contributed by atoms with Gasteiger partial charge in [0.15, 0.2) is 0 Å². The second-order valence-corrected chi connectivity index (χ2v) is 5.64. The predicted molar refractivity (Wildman–Crippen MR) is 91.4 cm³/mol. The summed E-state index contributed by atoms with van der Waals surface area (Å²) in [6.45, 7) is 0. The third-order valence-electron chi connectivity index (χ3n) is 3.93. The number of aromatic nitrogens is 2. The van der Waals surface area contributed by atoms with Crippen LogP contribution in [-0.4, -0.2) is 23.6 Å². The van der Waals surface area contributed by atoms with Crippen LogP contribution in [0.25, 0.3) is 27.7 Å².